The number of aldehydes is 1. The van der Waals surface area contributed by atoms with Gasteiger partial charge in [0.2, 0.25) is 0 Å². The smallest absolute Gasteiger partial charge is 0.191 e. The molecule has 0 atom stereocenters. The van der Waals surface area contributed by atoms with E-state index in [-0.39, 0.29) is 0 Å². The van der Waals surface area contributed by atoms with Crippen LogP contribution in [-0.4, -0.2) is 21.2 Å². The summed E-state index contributed by atoms with van der Waals surface area (Å²) in [5.74, 6) is 0. The number of carbonyl (C=O) groups excluding carboxylic acids is 1. The van der Waals surface area contributed by atoms with Gasteiger partial charge < -0.3 is 9.22 Å². The molecular weight excluding hydrogens is 192 g/mol. The molecule has 0 unspecified atom stereocenters. The van der Waals surface area contributed by atoms with Crippen molar-refractivity contribution in [2.24, 2.45) is 0 Å². The molecule has 3 heteroatoms. The number of carbonyl (C=O) groups is 1. The molecule has 0 spiro atoms. The van der Waals surface area contributed by atoms with Crippen LogP contribution >= 0.6 is 0 Å². The van der Waals surface area contributed by atoms with Gasteiger partial charge in [0, 0.05) is 13.0 Å². The Hall–Kier alpha value is -0.153. The van der Waals surface area contributed by atoms with Crippen molar-refractivity contribution in [3.8, 4) is 0 Å². The molecule has 2 nitrogen and oxygen atoms in total. The predicted octanol–water partition coefficient (Wildman–Crippen LogP) is 3.38. The van der Waals surface area contributed by atoms with Crippen molar-refractivity contribution in [2.75, 3.05) is 6.61 Å². The molecular formula is C11H24O2Si. The van der Waals surface area contributed by atoms with Crippen LogP contribution in [0.15, 0.2) is 0 Å². The van der Waals surface area contributed by atoms with Crippen LogP contribution in [0.25, 0.3) is 0 Å². The second-order valence-electron chi connectivity index (χ2n) is 3.75. The molecule has 84 valence electrons. The maximum Gasteiger partial charge on any atom is 0.191 e. The van der Waals surface area contributed by atoms with Gasteiger partial charge in [0.25, 0.3) is 0 Å². The topological polar surface area (TPSA) is 26.3 Å². The van der Waals surface area contributed by atoms with Gasteiger partial charge in [-0.2, -0.15) is 0 Å². The number of hydrogen-bond acceptors (Lipinski definition) is 2. The molecule has 0 N–H and O–H groups in total. The predicted molar refractivity (Wildman–Crippen MR) is 63.1 cm³/mol. The number of unbranched alkanes of at least 4 members (excludes halogenated alkanes) is 2. The molecule has 0 aliphatic carbocycles. The van der Waals surface area contributed by atoms with Gasteiger partial charge in [-0.25, -0.2) is 0 Å². The summed E-state index contributed by atoms with van der Waals surface area (Å²) < 4.78 is 6.05. The lowest BCUT2D eigenvalue weighted by Crippen LogP contribution is -2.36. The lowest BCUT2D eigenvalue weighted by atomic mass is 10.3. The number of rotatable bonds is 9. The molecule has 0 aromatic carbocycles. The SMILES string of the molecule is CC[Si](CC)(CC)OCCCCC=O. The quantitative estimate of drug-likeness (QED) is 0.335. The minimum atomic E-state index is -1.37. The molecule has 0 radical (unpaired) electrons. The summed E-state index contributed by atoms with van der Waals surface area (Å²) in [5.41, 5.74) is 0. The minimum absolute atomic E-state index is 0.683. The van der Waals surface area contributed by atoms with Crippen LogP contribution in [0, 0.1) is 0 Å². The summed E-state index contributed by atoms with van der Waals surface area (Å²) in [6.45, 7) is 7.58. The van der Waals surface area contributed by atoms with Gasteiger partial charge in [-0.3, -0.25) is 0 Å². The molecule has 14 heavy (non-hydrogen) atoms. The monoisotopic (exact) mass is 216 g/mol. The van der Waals surface area contributed by atoms with E-state index in [1.807, 2.05) is 0 Å². The fourth-order valence-electron chi connectivity index (χ4n) is 1.67. The first kappa shape index (κ1) is 13.8. The molecule has 0 saturated carbocycles. The maximum atomic E-state index is 10.1. The molecule has 0 saturated heterocycles. The average molecular weight is 216 g/mol. The molecule has 0 heterocycles. The second kappa shape index (κ2) is 8.18. The van der Waals surface area contributed by atoms with Crippen LogP contribution < -0.4 is 0 Å². The van der Waals surface area contributed by atoms with Crippen LogP contribution in [-0.2, 0) is 9.22 Å². The Bertz CT molecular complexity index is 136. The van der Waals surface area contributed by atoms with Crippen LogP contribution in [0.4, 0.5) is 0 Å². The molecule has 0 aromatic rings. The van der Waals surface area contributed by atoms with Gasteiger partial charge in [0.05, 0.1) is 0 Å². The van der Waals surface area contributed by atoms with Crippen molar-refractivity contribution in [2.45, 2.75) is 58.2 Å². The molecule has 0 aliphatic heterocycles. The van der Waals surface area contributed by atoms with E-state index in [9.17, 15) is 4.79 Å². The third kappa shape index (κ3) is 4.91. The van der Waals surface area contributed by atoms with E-state index in [0.29, 0.717) is 6.42 Å². The lowest BCUT2D eigenvalue weighted by molar-refractivity contribution is -0.107. The third-order valence-electron chi connectivity index (χ3n) is 3.06. The zero-order valence-corrected chi connectivity index (χ0v) is 10.8. The van der Waals surface area contributed by atoms with Gasteiger partial charge >= 0.3 is 0 Å². The van der Waals surface area contributed by atoms with Crippen LogP contribution in [0.3, 0.4) is 0 Å². The van der Waals surface area contributed by atoms with Gasteiger partial charge in [0.15, 0.2) is 8.32 Å². The standard InChI is InChI=1S/C11H24O2Si/c1-4-14(5-2,6-3)13-11-9-7-8-10-12/h10H,4-9,11H2,1-3H3. The van der Waals surface area contributed by atoms with Gasteiger partial charge in [0.1, 0.15) is 6.29 Å². The largest absolute Gasteiger partial charge is 0.417 e. The molecule has 0 bridgehead atoms. The Labute approximate surface area is 89.2 Å². The van der Waals surface area contributed by atoms with Crippen molar-refractivity contribution >= 4 is 14.6 Å². The summed E-state index contributed by atoms with van der Waals surface area (Å²) in [5, 5.41) is 0. The Morgan fingerprint density at radius 2 is 1.64 bits per heavy atom. The summed E-state index contributed by atoms with van der Waals surface area (Å²) in [6.07, 6.45) is 3.69. The van der Waals surface area contributed by atoms with Crippen LogP contribution in [0.1, 0.15) is 40.0 Å². The van der Waals surface area contributed by atoms with E-state index < -0.39 is 8.32 Å². The van der Waals surface area contributed by atoms with Crippen molar-refractivity contribution in [1.29, 1.82) is 0 Å². The van der Waals surface area contributed by atoms with Gasteiger partial charge in [-0.05, 0) is 31.0 Å². The van der Waals surface area contributed by atoms with E-state index >= 15 is 0 Å². The van der Waals surface area contributed by atoms with E-state index in [0.717, 1.165) is 25.7 Å². The lowest BCUT2D eigenvalue weighted by Gasteiger charge is -2.27. The van der Waals surface area contributed by atoms with Crippen molar-refractivity contribution in [1.82, 2.24) is 0 Å². The molecule has 0 aromatic heterocycles. The Kier molecular flexibility index (Phi) is 8.09. The first-order valence-corrected chi connectivity index (χ1v) is 8.35. The molecule has 0 rings (SSSR count). The Morgan fingerprint density at radius 3 is 2.07 bits per heavy atom. The zero-order valence-electron chi connectivity index (χ0n) is 9.84. The fourth-order valence-corrected chi connectivity index (χ4v) is 4.36. The first-order chi connectivity index (χ1) is 6.74. The fraction of sp³-hybridized carbons (Fsp3) is 0.909. The molecule has 0 amide bonds. The summed E-state index contributed by atoms with van der Waals surface area (Å²) in [4.78, 5) is 10.1. The highest BCUT2D eigenvalue weighted by Gasteiger charge is 2.27. The average Bonchev–Trinajstić information content (AvgIpc) is 2.24. The third-order valence-corrected chi connectivity index (χ3v) is 7.74. The van der Waals surface area contributed by atoms with E-state index in [1.165, 1.54) is 18.1 Å². The zero-order chi connectivity index (χ0) is 10.9. The highest BCUT2D eigenvalue weighted by molar-refractivity contribution is 6.73. The maximum absolute atomic E-state index is 10.1. The second-order valence-corrected chi connectivity index (χ2v) is 8.53. The van der Waals surface area contributed by atoms with Crippen molar-refractivity contribution in [3.05, 3.63) is 0 Å². The van der Waals surface area contributed by atoms with Crippen LogP contribution in [0.5, 0.6) is 0 Å². The van der Waals surface area contributed by atoms with E-state index in [4.69, 9.17) is 4.43 Å². The normalized spacial score (nSPS) is 11.6. The molecule has 0 aliphatic rings. The van der Waals surface area contributed by atoms with Crippen molar-refractivity contribution < 1.29 is 9.22 Å². The highest BCUT2D eigenvalue weighted by Crippen LogP contribution is 2.21. The summed E-state index contributed by atoms with van der Waals surface area (Å²) >= 11 is 0. The minimum Gasteiger partial charge on any atom is -0.417 e. The van der Waals surface area contributed by atoms with Crippen LogP contribution in [0.2, 0.25) is 18.1 Å². The Balaban J connectivity index is 3.65. The Morgan fingerprint density at radius 1 is 1.07 bits per heavy atom. The number of hydrogen-bond donors (Lipinski definition) is 0. The highest BCUT2D eigenvalue weighted by atomic mass is 28.4. The van der Waals surface area contributed by atoms with Gasteiger partial charge in [-0.1, -0.05) is 20.8 Å². The van der Waals surface area contributed by atoms with E-state index in [2.05, 4.69) is 20.8 Å². The first-order valence-electron chi connectivity index (χ1n) is 5.82. The van der Waals surface area contributed by atoms with E-state index in [1.54, 1.807) is 0 Å². The van der Waals surface area contributed by atoms with Gasteiger partial charge in [-0.15, -0.1) is 0 Å². The molecule has 0 fully saturated rings. The summed E-state index contributed by atoms with van der Waals surface area (Å²) in [6, 6.07) is 3.65. The summed E-state index contributed by atoms with van der Waals surface area (Å²) in [7, 11) is -1.37. The van der Waals surface area contributed by atoms with Crippen molar-refractivity contribution in [3.63, 3.8) is 0 Å².